The van der Waals surface area contributed by atoms with Gasteiger partial charge in [-0.3, -0.25) is 19.2 Å². The van der Waals surface area contributed by atoms with Gasteiger partial charge in [-0.15, -0.1) is 0 Å². The lowest BCUT2D eigenvalue weighted by Gasteiger charge is -2.23. The summed E-state index contributed by atoms with van der Waals surface area (Å²) in [7, 11) is 0. The Morgan fingerprint density at radius 1 is 1.04 bits per heavy atom. The van der Waals surface area contributed by atoms with Gasteiger partial charge in [0.15, 0.2) is 0 Å². The van der Waals surface area contributed by atoms with Crippen LogP contribution in [0.3, 0.4) is 0 Å². The molecule has 3 N–H and O–H groups in total. The molecule has 0 aliphatic heterocycles. The van der Waals surface area contributed by atoms with Crippen LogP contribution in [-0.4, -0.2) is 43.0 Å². The number of primary amides is 1. The molecule has 0 saturated heterocycles. The predicted octanol–water partition coefficient (Wildman–Crippen LogP) is 0.820. The molecule has 8 nitrogen and oxygen atoms in total. The highest BCUT2D eigenvalue weighted by molar-refractivity contribution is 5.99. The van der Waals surface area contributed by atoms with Crippen molar-refractivity contribution in [3.05, 3.63) is 35.1 Å². The molecule has 2 atom stereocenters. The Kier molecular flexibility index (Phi) is 8.42. The minimum Gasteiger partial charge on any atom is -0.466 e. The average Bonchev–Trinajstić information content (AvgIpc) is 2.57. The number of carbonyl (C=O) groups excluding carboxylic acids is 4. The number of ether oxygens (including phenoxy) is 2. The Bertz CT molecular complexity index is 748. The molecule has 0 saturated carbocycles. The lowest BCUT2D eigenvalue weighted by atomic mass is 9.95. The van der Waals surface area contributed by atoms with E-state index in [9.17, 15) is 32.3 Å². The number of nitrogens with two attached hydrogens (primary N) is 1. The van der Waals surface area contributed by atoms with Gasteiger partial charge in [-0.05, 0) is 13.8 Å². The highest BCUT2D eigenvalue weighted by atomic mass is 19.1. The lowest BCUT2D eigenvalue weighted by Crippen LogP contribution is -2.52. The van der Waals surface area contributed by atoms with Crippen LogP contribution in [-0.2, 0) is 23.9 Å². The van der Waals surface area contributed by atoms with Crippen LogP contribution in [0.25, 0.3) is 0 Å². The standard InChI is InChI=1S/C17H19F3N2O6/c1-3-27-12(23)7-9(17(26)28-4-2)14(15(21)24)22-16(25)13-10(19)5-8(18)6-11(13)20/h5-6,9,14H,3-4,7H2,1-2H3,(H2,21,24)(H,22,25)/t9-,14-/m1/s1. The minimum atomic E-state index is -1.85. The highest BCUT2D eigenvalue weighted by Gasteiger charge is 2.38. The molecule has 0 aromatic heterocycles. The van der Waals surface area contributed by atoms with Gasteiger partial charge in [0.2, 0.25) is 5.91 Å². The van der Waals surface area contributed by atoms with Crippen molar-refractivity contribution in [3.63, 3.8) is 0 Å². The van der Waals surface area contributed by atoms with Crippen LogP contribution >= 0.6 is 0 Å². The summed E-state index contributed by atoms with van der Waals surface area (Å²) >= 11 is 0. The molecule has 1 aromatic rings. The summed E-state index contributed by atoms with van der Waals surface area (Å²) in [5, 5.41) is 1.90. The molecule has 154 valence electrons. The number of hydrogen-bond acceptors (Lipinski definition) is 6. The van der Waals surface area contributed by atoms with E-state index in [0.29, 0.717) is 0 Å². The summed E-state index contributed by atoms with van der Waals surface area (Å²) in [4.78, 5) is 47.9. The number of carbonyl (C=O) groups is 4. The van der Waals surface area contributed by atoms with E-state index < -0.39 is 65.1 Å². The maximum Gasteiger partial charge on any atom is 0.312 e. The van der Waals surface area contributed by atoms with Gasteiger partial charge in [-0.2, -0.15) is 0 Å². The quantitative estimate of drug-likeness (QED) is 0.587. The van der Waals surface area contributed by atoms with Crippen LogP contribution in [0, 0.1) is 23.4 Å². The zero-order valence-electron chi connectivity index (χ0n) is 15.1. The summed E-state index contributed by atoms with van der Waals surface area (Å²) in [6, 6.07) is -1.32. The summed E-state index contributed by atoms with van der Waals surface area (Å²) < 4.78 is 50.0. The Labute approximate surface area is 158 Å². The van der Waals surface area contributed by atoms with Gasteiger partial charge in [-0.1, -0.05) is 0 Å². The first-order valence-electron chi connectivity index (χ1n) is 8.19. The van der Waals surface area contributed by atoms with Crippen molar-refractivity contribution in [2.24, 2.45) is 11.7 Å². The molecule has 1 aromatic carbocycles. The fourth-order valence-corrected chi connectivity index (χ4v) is 2.33. The first-order chi connectivity index (χ1) is 13.1. The first kappa shape index (κ1) is 22.9. The van der Waals surface area contributed by atoms with Crippen molar-refractivity contribution in [1.29, 1.82) is 0 Å². The van der Waals surface area contributed by atoms with Crippen LogP contribution in [0.2, 0.25) is 0 Å². The van der Waals surface area contributed by atoms with E-state index in [2.05, 4.69) is 0 Å². The third-order valence-electron chi connectivity index (χ3n) is 3.51. The summed E-state index contributed by atoms with van der Waals surface area (Å²) in [5.41, 5.74) is 4.00. The highest BCUT2D eigenvalue weighted by Crippen LogP contribution is 2.18. The smallest absolute Gasteiger partial charge is 0.312 e. The van der Waals surface area contributed by atoms with Crippen molar-refractivity contribution in [2.45, 2.75) is 26.3 Å². The van der Waals surface area contributed by atoms with E-state index in [1.807, 2.05) is 5.32 Å². The second-order valence-corrected chi connectivity index (χ2v) is 5.47. The fourth-order valence-electron chi connectivity index (χ4n) is 2.33. The first-order valence-corrected chi connectivity index (χ1v) is 8.19. The summed E-state index contributed by atoms with van der Waals surface area (Å²) in [6.07, 6.45) is -0.686. The number of halogens is 3. The van der Waals surface area contributed by atoms with Gasteiger partial charge >= 0.3 is 11.9 Å². The van der Waals surface area contributed by atoms with Gasteiger partial charge in [0.1, 0.15) is 29.1 Å². The number of benzene rings is 1. The number of rotatable bonds is 9. The van der Waals surface area contributed by atoms with Crippen molar-refractivity contribution in [2.75, 3.05) is 13.2 Å². The third kappa shape index (κ3) is 5.96. The van der Waals surface area contributed by atoms with Crippen LogP contribution in [0.1, 0.15) is 30.6 Å². The van der Waals surface area contributed by atoms with Crippen LogP contribution < -0.4 is 11.1 Å². The van der Waals surface area contributed by atoms with E-state index in [1.54, 1.807) is 0 Å². The molecular weight excluding hydrogens is 385 g/mol. The monoisotopic (exact) mass is 404 g/mol. The summed E-state index contributed by atoms with van der Waals surface area (Å²) in [5.74, 6) is -10.6. The van der Waals surface area contributed by atoms with Gasteiger partial charge < -0.3 is 20.5 Å². The van der Waals surface area contributed by atoms with Gasteiger partial charge in [-0.25, -0.2) is 13.2 Å². The number of nitrogens with one attached hydrogen (secondary N) is 1. The number of amides is 2. The molecular formula is C17H19F3N2O6. The maximum atomic E-state index is 13.8. The molecule has 0 heterocycles. The van der Waals surface area contributed by atoms with Crippen molar-refractivity contribution in [1.82, 2.24) is 5.32 Å². The molecule has 11 heteroatoms. The van der Waals surface area contributed by atoms with E-state index in [1.165, 1.54) is 13.8 Å². The third-order valence-corrected chi connectivity index (χ3v) is 3.51. The number of hydrogen-bond donors (Lipinski definition) is 2. The molecule has 0 radical (unpaired) electrons. The van der Waals surface area contributed by atoms with Crippen molar-refractivity contribution < 1.29 is 41.8 Å². The topological polar surface area (TPSA) is 125 Å². The predicted molar refractivity (Wildman–Crippen MR) is 88.1 cm³/mol. The average molecular weight is 404 g/mol. The Morgan fingerprint density at radius 2 is 1.57 bits per heavy atom. The SMILES string of the molecule is CCOC(=O)C[C@@H](C(=O)OCC)[C@@H](NC(=O)c1c(F)cc(F)cc1F)C(N)=O. The second-order valence-electron chi connectivity index (χ2n) is 5.47. The maximum absolute atomic E-state index is 13.8. The molecule has 1 rings (SSSR count). The van der Waals surface area contributed by atoms with Crippen LogP contribution in [0.4, 0.5) is 13.2 Å². The minimum absolute atomic E-state index is 0.0199. The summed E-state index contributed by atoms with van der Waals surface area (Å²) in [6.45, 7) is 2.83. The zero-order valence-corrected chi connectivity index (χ0v) is 15.1. The molecule has 0 unspecified atom stereocenters. The van der Waals surface area contributed by atoms with Crippen LogP contribution in [0.5, 0.6) is 0 Å². The van der Waals surface area contributed by atoms with Crippen LogP contribution in [0.15, 0.2) is 12.1 Å². The van der Waals surface area contributed by atoms with E-state index >= 15 is 0 Å². The van der Waals surface area contributed by atoms with Crippen molar-refractivity contribution in [3.8, 4) is 0 Å². The molecule has 0 fully saturated rings. The Morgan fingerprint density at radius 3 is 2.04 bits per heavy atom. The van der Waals surface area contributed by atoms with Gasteiger partial charge in [0.25, 0.3) is 5.91 Å². The molecule has 0 bridgehead atoms. The van der Waals surface area contributed by atoms with E-state index in [0.717, 1.165) is 0 Å². The normalized spacial score (nSPS) is 12.6. The Hall–Kier alpha value is -3.11. The molecule has 0 aliphatic carbocycles. The Balaban J connectivity index is 3.20. The lowest BCUT2D eigenvalue weighted by molar-refractivity contribution is -0.156. The molecule has 0 aliphatic rings. The zero-order chi connectivity index (χ0) is 21.4. The second kappa shape index (κ2) is 10.3. The number of esters is 2. The van der Waals surface area contributed by atoms with Crippen molar-refractivity contribution >= 4 is 23.8 Å². The molecule has 2 amide bonds. The molecule has 0 spiro atoms. The largest absolute Gasteiger partial charge is 0.466 e. The van der Waals surface area contributed by atoms with E-state index in [4.69, 9.17) is 15.2 Å². The molecule has 28 heavy (non-hydrogen) atoms. The van der Waals surface area contributed by atoms with E-state index in [-0.39, 0.29) is 25.3 Å². The van der Waals surface area contributed by atoms with Gasteiger partial charge in [0.05, 0.1) is 25.6 Å². The fraction of sp³-hybridized carbons (Fsp3) is 0.412. The van der Waals surface area contributed by atoms with Gasteiger partial charge in [0, 0.05) is 12.1 Å².